The number of hydrogen-bond acceptors (Lipinski definition) is 4. The van der Waals surface area contributed by atoms with Gasteiger partial charge in [-0.05, 0) is 24.7 Å². The van der Waals surface area contributed by atoms with Crippen molar-refractivity contribution in [2.45, 2.75) is 43.4 Å². The van der Waals surface area contributed by atoms with Crippen molar-refractivity contribution in [3.05, 3.63) is 108 Å². The van der Waals surface area contributed by atoms with Crippen molar-refractivity contribution in [3.8, 4) is 0 Å². The van der Waals surface area contributed by atoms with E-state index in [1.54, 1.807) is 11.8 Å². The molecule has 172 valence electrons. The predicted octanol–water partition coefficient (Wildman–Crippen LogP) is 6.00. The molecular formula is C28H31NO3S. The van der Waals surface area contributed by atoms with Crippen molar-refractivity contribution in [3.63, 3.8) is 0 Å². The van der Waals surface area contributed by atoms with Crippen LogP contribution in [0.3, 0.4) is 0 Å². The van der Waals surface area contributed by atoms with Crippen LogP contribution >= 0.6 is 11.8 Å². The van der Waals surface area contributed by atoms with Crippen molar-refractivity contribution in [1.29, 1.82) is 0 Å². The molecule has 4 nitrogen and oxygen atoms in total. The van der Waals surface area contributed by atoms with Crippen LogP contribution < -0.4 is 0 Å². The van der Waals surface area contributed by atoms with Crippen molar-refractivity contribution in [2.75, 3.05) is 6.26 Å². The zero-order chi connectivity index (χ0) is 23.6. The van der Waals surface area contributed by atoms with Gasteiger partial charge in [-0.3, -0.25) is 4.90 Å². The van der Waals surface area contributed by atoms with Gasteiger partial charge in [-0.2, -0.15) is 0 Å². The van der Waals surface area contributed by atoms with Crippen LogP contribution in [0.2, 0.25) is 0 Å². The second kappa shape index (κ2) is 9.24. The first-order valence-corrected chi connectivity index (χ1v) is 12.6. The first kappa shape index (κ1) is 23.4. The molecule has 1 aliphatic heterocycles. The van der Waals surface area contributed by atoms with E-state index in [1.807, 2.05) is 97.3 Å². The number of nitrogens with zero attached hydrogens (tertiary/aromatic N) is 1. The van der Waals surface area contributed by atoms with E-state index in [0.29, 0.717) is 0 Å². The van der Waals surface area contributed by atoms with Crippen molar-refractivity contribution in [1.82, 2.24) is 4.90 Å². The molecule has 3 aromatic rings. The highest BCUT2D eigenvalue weighted by molar-refractivity contribution is 7.99. The summed E-state index contributed by atoms with van der Waals surface area (Å²) >= 11 is 1.46. The van der Waals surface area contributed by atoms with Crippen LogP contribution in [0.15, 0.2) is 91.0 Å². The molecule has 4 rings (SSSR count). The average Bonchev–Trinajstić information content (AvgIpc) is 3.15. The van der Waals surface area contributed by atoms with Gasteiger partial charge in [0.2, 0.25) is 0 Å². The third-order valence-corrected chi connectivity index (χ3v) is 7.66. The van der Waals surface area contributed by atoms with Gasteiger partial charge in [-0.15, -0.1) is 11.8 Å². The summed E-state index contributed by atoms with van der Waals surface area (Å²) in [6, 6.07) is 29.1. The fraction of sp³-hybridized carbons (Fsp3) is 0.321. The van der Waals surface area contributed by atoms with Crippen molar-refractivity contribution in [2.24, 2.45) is 5.92 Å². The number of aliphatic hydroxyl groups is 1. The molecule has 0 aliphatic carbocycles. The number of thioether (sulfide) groups is 1. The minimum atomic E-state index is -1.28. The van der Waals surface area contributed by atoms with Gasteiger partial charge < -0.3 is 9.84 Å². The van der Waals surface area contributed by atoms with Gasteiger partial charge in [0.05, 0.1) is 6.04 Å². The van der Waals surface area contributed by atoms with Crippen molar-refractivity contribution < 1.29 is 14.6 Å². The van der Waals surface area contributed by atoms with Gasteiger partial charge in [0.1, 0.15) is 11.0 Å². The van der Waals surface area contributed by atoms with E-state index in [1.165, 1.54) is 11.8 Å². The van der Waals surface area contributed by atoms with E-state index in [0.717, 1.165) is 16.7 Å². The number of cyclic esters (lactones) is 1. The van der Waals surface area contributed by atoms with E-state index >= 15 is 0 Å². The van der Waals surface area contributed by atoms with E-state index < -0.39 is 22.7 Å². The van der Waals surface area contributed by atoms with E-state index in [9.17, 15) is 9.90 Å². The lowest BCUT2D eigenvalue weighted by Gasteiger charge is -2.44. The molecular weight excluding hydrogens is 430 g/mol. The third-order valence-electron chi connectivity index (χ3n) is 6.53. The second-order valence-corrected chi connectivity index (χ2v) is 9.95. The molecule has 1 N–H and O–H groups in total. The highest BCUT2D eigenvalue weighted by atomic mass is 32.2. The maximum atomic E-state index is 13.7. The average molecular weight is 462 g/mol. The molecule has 0 aromatic heterocycles. The van der Waals surface area contributed by atoms with Crippen LogP contribution in [0.4, 0.5) is 4.79 Å². The highest BCUT2D eigenvalue weighted by Gasteiger charge is 2.61. The number of amides is 1. The van der Waals surface area contributed by atoms with E-state index in [4.69, 9.17) is 4.74 Å². The normalized spacial score (nSPS) is 20.4. The Kier molecular flexibility index (Phi) is 6.55. The second-order valence-electron chi connectivity index (χ2n) is 9.03. The Morgan fingerprint density at radius 2 is 1.36 bits per heavy atom. The van der Waals surface area contributed by atoms with Gasteiger partial charge in [-0.25, -0.2) is 4.79 Å². The molecule has 1 heterocycles. The van der Waals surface area contributed by atoms with Crippen LogP contribution in [0, 0.1) is 5.92 Å². The first-order chi connectivity index (χ1) is 15.8. The summed E-state index contributed by atoms with van der Waals surface area (Å²) in [4.78, 5) is 15.5. The lowest BCUT2D eigenvalue weighted by molar-refractivity contribution is -0.00443. The van der Waals surface area contributed by atoms with Crippen LogP contribution in [-0.4, -0.2) is 33.8 Å². The van der Waals surface area contributed by atoms with E-state index in [-0.39, 0.29) is 12.0 Å². The van der Waals surface area contributed by atoms with Gasteiger partial charge >= 0.3 is 6.09 Å². The van der Waals surface area contributed by atoms with Gasteiger partial charge in [0, 0.05) is 11.1 Å². The summed E-state index contributed by atoms with van der Waals surface area (Å²) in [5.41, 5.74) is 0.330. The van der Waals surface area contributed by atoms with Crippen LogP contribution in [0.5, 0.6) is 0 Å². The van der Waals surface area contributed by atoms with Crippen LogP contribution in [0.25, 0.3) is 0 Å². The highest BCUT2D eigenvalue weighted by Crippen LogP contribution is 2.50. The summed E-state index contributed by atoms with van der Waals surface area (Å²) in [6.45, 7) is 5.99. The topological polar surface area (TPSA) is 49.8 Å². The zero-order valence-corrected chi connectivity index (χ0v) is 20.3. The molecule has 3 aromatic carbocycles. The number of carbonyl (C=O) groups is 1. The van der Waals surface area contributed by atoms with E-state index in [2.05, 4.69) is 13.8 Å². The van der Waals surface area contributed by atoms with Gasteiger partial charge in [0.25, 0.3) is 0 Å². The summed E-state index contributed by atoms with van der Waals surface area (Å²) in [7, 11) is 0. The quantitative estimate of drug-likeness (QED) is 0.469. The molecule has 1 fully saturated rings. The SMILES string of the molecule is CS[C@H](N1C(=O)OC(c2ccccc2)(c2ccccc2)[C@@H]1C(C)C)[C@@](C)(O)c1ccccc1. The predicted molar refractivity (Wildman–Crippen MR) is 134 cm³/mol. The maximum absolute atomic E-state index is 13.7. The molecule has 0 bridgehead atoms. The summed E-state index contributed by atoms with van der Waals surface area (Å²) in [6.07, 6.45) is 1.51. The van der Waals surface area contributed by atoms with Crippen LogP contribution in [-0.2, 0) is 15.9 Å². The number of carbonyl (C=O) groups excluding carboxylic acids is 1. The smallest absolute Gasteiger partial charge is 0.412 e. The molecule has 1 aliphatic rings. The first-order valence-electron chi connectivity index (χ1n) is 11.3. The fourth-order valence-electron chi connectivity index (χ4n) is 5.12. The lowest BCUT2D eigenvalue weighted by atomic mass is 9.75. The van der Waals surface area contributed by atoms with Crippen molar-refractivity contribution >= 4 is 17.9 Å². The fourth-order valence-corrected chi connectivity index (χ4v) is 6.16. The number of benzene rings is 3. The Hall–Kier alpha value is -2.76. The van der Waals surface area contributed by atoms with Crippen LogP contribution in [0.1, 0.15) is 37.5 Å². The molecule has 33 heavy (non-hydrogen) atoms. The zero-order valence-electron chi connectivity index (χ0n) is 19.5. The Morgan fingerprint density at radius 1 is 0.909 bits per heavy atom. The number of rotatable bonds is 7. The number of ether oxygens (including phenoxy) is 1. The molecule has 0 saturated carbocycles. The van der Waals surface area contributed by atoms with Gasteiger partial charge in [0.15, 0.2) is 5.60 Å². The monoisotopic (exact) mass is 461 g/mol. The molecule has 5 heteroatoms. The Bertz CT molecular complexity index is 1030. The Labute approximate surface area is 200 Å². The molecule has 0 spiro atoms. The molecule has 1 amide bonds. The summed E-state index contributed by atoms with van der Waals surface area (Å²) in [5.74, 6) is 0.0538. The minimum Gasteiger partial charge on any atom is -0.431 e. The standard InChI is InChI=1S/C28H31NO3S/c1-20(2)24-28(22-16-10-6-11-17-22,23-18-12-7-13-19-23)32-26(30)29(24)25(33-4)27(3,31)21-14-8-5-9-15-21/h5-20,24-25,31H,1-4H3/t24-,25-,27-/m0/s1. The summed E-state index contributed by atoms with van der Waals surface area (Å²) < 4.78 is 6.38. The molecule has 3 atom stereocenters. The maximum Gasteiger partial charge on any atom is 0.412 e. The molecule has 1 saturated heterocycles. The third kappa shape index (κ3) is 3.94. The Balaban J connectivity index is 1.91. The largest absolute Gasteiger partial charge is 0.431 e. The lowest BCUT2D eigenvalue weighted by Crippen LogP contribution is -2.55. The molecule has 0 unspecified atom stereocenters. The van der Waals surface area contributed by atoms with Gasteiger partial charge in [-0.1, -0.05) is 105 Å². The summed E-state index contributed by atoms with van der Waals surface area (Å²) in [5, 5.41) is 11.2. The Morgan fingerprint density at radius 3 is 1.79 bits per heavy atom. The molecule has 0 radical (unpaired) electrons. The minimum absolute atomic E-state index is 0.0538. The number of hydrogen-bond donors (Lipinski definition) is 1.